The van der Waals surface area contributed by atoms with Gasteiger partial charge in [0.2, 0.25) is 0 Å². The maximum Gasteiger partial charge on any atom is 0.163 e. The van der Waals surface area contributed by atoms with E-state index in [1.807, 2.05) is 42.6 Å². The summed E-state index contributed by atoms with van der Waals surface area (Å²) in [7, 11) is 3.25. The third kappa shape index (κ3) is 2.98. The van der Waals surface area contributed by atoms with Crippen LogP contribution >= 0.6 is 0 Å². The van der Waals surface area contributed by atoms with Crippen LogP contribution in [0.5, 0.6) is 11.5 Å². The Labute approximate surface area is 156 Å². The molecule has 3 aromatic heterocycles. The highest BCUT2D eigenvalue weighted by molar-refractivity contribution is 5.85. The maximum absolute atomic E-state index is 6.40. The number of hydrogen-bond acceptors (Lipinski definition) is 6. The van der Waals surface area contributed by atoms with Crippen LogP contribution in [0.3, 0.4) is 0 Å². The Morgan fingerprint density at radius 2 is 1.78 bits per heavy atom. The van der Waals surface area contributed by atoms with Gasteiger partial charge in [-0.2, -0.15) is 5.10 Å². The zero-order chi connectivity index (χ0) is 18.8. The number of nitrogens with zero attached hydrogens (tertiary/aromatic N) is 4. The molecule has 27 heavy (non-hydrogen) atoms. The highest BCUT2D eigenvalue weighted by Gasteiger charge is 2.19. The van der Waals surface area contributed by atoms with Crippen LogP contribution in [0, 0.1) is 0 Å². The molecule has 0 bridgehead atoms. The van der Waals surface area contributed by atoms with Crippen LogP contribution in [0.15, 0.2) is 61.2 Å². The number of methoxy groups -OCH3 is 2. The summed E-state index contributed by atoms with van der Waals surface area (Å²) < 4.78 is 12.8. The second kappa shape index (κ2) is 7.05. The van der Waals surface area contributed by atoms with E-state index in [4.69, 9.17) is 20.2 Å². The summed E-state index contributed by atoms with van der Waals surface area (Å²) in [6.07, 6.45) is 7.06. The summed E-state index contributed by atoms with van der Waals surface area (Å²) in [6.45, 7) is 0. The molecule has 3 heterocycles. The van der Waals surface area contributed by atoms with Crippen molar-refractivity contribution in [1.29, 1.82) is 0 Å². The number of nitrogens with two attached hydrogens (primary N) is 1. The average Bonchev–Trinajstić information content (AvgIpc) is 3.16. The van der Waals surface area contributed by atoms with Crippen LogP contribution in [0.4, 0.5) is 0 Å². The highest BCUT2D eigenvalue weighted by atomic mass is 16.5. The fourth-order valence-electron chi connectivity index (χ4n) is 3.08. The van der Waals surface area contributed by atoms with Crippen molar-refractivity contribution in [2.75, 3.05) is 14.2 Å². The molecule has 1 atom stereocenters. The molecule has 0 fully saturated rings. The minimum Gasteiger partial charge on any atom is -0.496 e. The molecule has 0 saturated carbocycles. The van der Waals surface area contributed by atoms with Crippen molar-refractivity contribution in [1.82, 2.24) is 19.6 Å². The van der Waals surface area contributed by atoms with Crippen molar-refractivity contribution in [3.05, 3.63) is 72.4 Å². The first-order valence-corrected chi connectivity index (χ1v) is 8.44. The van der Waals surface area contributed by atoms with Crippen molar-refractivity contribution in [2.45, 2.75) is 6.04 Å². The molecule has 0 spiro atoms. The molecule has 0 amide bonds. The van der Waals surface area contributed by atoms with Crippen molar-refractivity contribution >= 4 is 5.65 Å². The van der Waals surface area contributed by atoms with Crippen LogP contribution < -0.4 is 15.2 Å². The Kier molecular flexibility index (Phi) is 4.43. The molecule has 2 N–H and O–H groups in total. The quantitative estimate of drug-likeness (QED) is 0.588. The van der Waals surface area contributed by atoms with Gasteiger partial charge in [-0.25, -0.2) is 9.50 Å². The van der Waals surface area contributed by atoms with E-state index in [0.717, 1.165) is 22.4 Å². The van der Waals surface area contributed by atoms with Gasteiger partial charge in [0.1, 0.15) is 11.5 Å². The molecule has 1 aromatic carbocycles. The van der Waals surface area contributed by atoms with E-state index in [0.29, 0.717) is 17.1 Å². The lowest BCUT2D eigenvalue weighted by Gasteiger charge is -2.13. The van der Waals surface area contributed by atoms with Gasteiger partial charge in [0.25, 0.3) is 0 Å². The average molecular weight is 361 g/mol. The van der Waals surface area contributed by atoms with Crippen molar-refractivity contribution in [3.8, 4) is 22.6 Å². The van der Waals surface area contributed by atoms with Gasteiger partial charge in [-0.1, -0.05) is 12.1 Å². The predicted molar refractivity (Wildman–Crippen MR) is 102 cm³/mol. The molecule has 0 aliphatic carbocycles. The largest absolute Gasteiger partial charge is 0.496 e. The van der Waals surface area contributed by atoms with Crippen molar-refractivity contribution < 1.29 is 9.47 Å². The summed E-state index contributed by atoms with van der Waals surface area (Å²) in [4.78, 5) is 8.91. The van der Waals surface area contributed by atoms with Gasteiger partial charge in [0.15, 0.2) is 5.65 Å². The van der Waals surface area contributed by atoms with Crippen LogP contribution in [0.25, 0.3) is 16.8 Å². The Morgan fingerprint density at radius 1 is 1.00 bits per heavy atom. The molecule has 7 nitrogen and oxygen atoms in total. The lowest BCUT2D eigenvalue weighted by atomic mass is 10.1. The number of rotatable bonds is 5. The number of hydrogen-bond donors (Lipinski definition) is 1. The minimum absolute atomic E-state index is 0.383. The second-order valence-electron chi connectivity index (χ2n) is 5.98. The Hall–Kier alpha value is -3.45. The fraction of sp³-hybridized carbons (Fsp3) is 0.150. The van der Waals surface area contributed by atoms with E-state index in [1.54, 1.807) is 37.3 Å². The van der Waals surface area contributed by atoms with Crippen molar-refractivity contribution in [2.24, 2.45) is 5.73 Å². The van der Waals surface area contributed by atoms with E-state index in [-0.39, 0.29) is 6.04 Å². The molecule has 0 radical (unpaired) electrons. The van der Waals surface area contributed by atoms with E-state index in [1.165, 1.54) is 0 Å². The zero-order valence-electron chi connectivity index (χ0n) is 15.0. The van der Waals surface area contributed by atoms with Gasteiger partial charge in [0.05, 0.1) is 43.3 Å². The summed E-state index contributed by atoms with van der Waals surface area (Å²) in [5.74, 6) is 1.38. The Morgan fingerprint density at radius 3 is 2.44 bits per heavy atom. The van der Waals surface area contributed by atoms with Crippen LogP contribution in [0.1, 0.15) is 17.3 Å². The van der Waals surface area contributed by atoms with E-state index in [2.05, 4.69) is 10.1 Å². The minimum atomic E-state index is -0.383. The monoisotopic (exact) mass is 361 g/mol. The molecule has 7 heteroatoms. The van der Waals surface area contributed by atoms with Crippen LogP contribution in [0.2, 0.25) is 0 Å². The lowest BCUT2D eigenvalue weighted by molar-refractivity contribution is 0.397. The second-order valence-corrected chi connectivity index (χ2v) is 5.98. The molecule has 1 unspecified atom stereocenters. The Balaban J connectivity index is 1.87. The summed E-state index contributed by atoms with van der Waals surface area (Å²) in [6, 6.07) is 10.9. The van der Waals surface area contributed by atoms with Gasteiger partial charge in [-0.15, -0.1) is 0 Å². The molecule has 4 aromatic rings. The zero-order valence-corrected chi connectivity index (χ0v) is 15.0. The van der Waals surface area contributed by atoms with E-state index in [9.17, 15) is 0 Å². The van der Waals surface area contributed by atoms with Gasteiger partial charge in [0, 0.05) is 18.6 Å². The molecule has 0 aliphatic rings. The van der Waals surface area contributed by atoms with Gasteiger partial charge >= 0.3 is 0 Å². The number of fused-ring (bicyclic) bond motifs is 1. The van der Waals surface area contributed by atoms with E-state index >= 15 is 0 Å². The first kappa shape index (κ1) is 17.0. The predicted octanol–water partition coefficient (Wildman–Crippen LogP) is 2.86. The number of benzene rings is 1. The molecule has 4 rings (SSSR count). The standard InChI is InChI=1S/C20H19N5O2/c1-26-16-6-3-7-17(27-2)18(16)14-12-23-25-10-8-15(24-20(14)25)19(21)13-5-4-9-22-11-13/h3-12,19H,21H2,1-2H3. The van der Waals surface area contributed by atoms with Crippen molar-refractivity contribution in [3.63, 3.8) is 0 Å². The Bertz CT molecular complexity index is 1060. The molecular weight excluding hydrogens is 342 g/mol. The summed E-state index contributed by atoms with van der Waals surface area (Å²) in [5, 5.41) is 4.41. The number of ether oxygens (including phenoxy) is 2. The van der Waals surface area contributed by atoms with Gasteiger partial charge in [-0.3, -0.25) is 4.98 Å². The summed E-state index contributed by atoms with van der Waals surface area (Å²) in [5.41, 5.74) is 10.3. The maximum atomic E-state index is 6.40. The third-order valence-corrected chi connectivity index (χ3v) is 4.45. The number of aromatic nitrogens is 4. The van der Waals surface area contributed by atoms with Gasteiger partial charge in [-0.05, 0) is 29.8 Å². The van der Waals surface area contributed by atoms with Crippen LogP contribution in [-0.4, -0.2) is 33.8 Å². The fourth-order valence-corrected chi connectivity index (χ4v) is 3.08. The first-order valence-electron chi connectivity index (χ1n) is 8.44. The normalized spacial score (nSPS) is 12.1. The lowest BCUT2D eigenvalue weighted by Crippen LogP contribution is -2.14. The smallest absolute Gasteiger partial charge is 0.163 e. The third-order valence-electron chi connectivity index (χ3n) is 4.45. The molecular formula is C20H19N5O2. The SMILES string of the molecule is COc1cccc(OC)c1-c1cnn2ccc(C(N)c3cccnc3)nc12. The molecule has 136 valence electrons. The topological polar surface area (TPSA) is 87.6 Å². The highest BCUT2D eigenvalue weighted by Crippen LogP contribution is 2.39. The number of pyridine rings is 1. The molecule has 0 aliphatic heterocycles. The summed E-state index contributed by atoms with van der Waals surface area (Å²) >= 11 is 0. The molecule has 0 saturated heterocycles. The van der Waals surface area contributed by atoms with E-state index < -0.39 is 0 Å². The van der Waals surface area contributed by atoms with Gasteiger partial charge < -0.3 is 15.2 Å². The van der Waals surface area contributed by atoms with Crippen LogP contribution in [-0.2, 0) is 0 Å². The first-order chi connectivity index (χ1) is 13.2.